The van der Waals surface area contributed by atoms with Crippen molar-refractivity contribution < 1.29 is 19.4 Å². The van der Waals surface area contributed by atoms with Gasteiger partial charge in [-0.15, -0.1) is 0 Å². The van der Waals surface area contributed by atoms with Crippen LogP contribution in [-0.4, -0.2) is 47.1 Å². The van der Waals surface area contributed by atoms with E-state index in [2.05, 4.69) is 27.0 Å². The largest absolute Gasteiger partial charge is 0.507 e. The highest BCUT2D eigenvalue weighted by molar-refractivity contribution is 6.07. The number of aromatic hydroxyl groups is 1. The van der Waals surface area contributed by atoms with E-state index in [0.29, 0.717) is 45.8 Å². The van der Waals surface area contributed by atoms with Crippen LogP contribution in [0.2, 0.25) is 0 Å². The molecule has 2 amide bonds. The lowest BCUT2D eigenvalue weighted by Crippen LogP contribution is -2.43. The Balaban J connectivity index is 1.37. The fourth-order valence-corrected chi connectivity index (χ4v) is 5.35. The molecule has 3 aromatic carbocycles. The molecule has 2 aliphatic rings. The van der Waals surface area contributed by atoms with E-state index in [0.717, 1.165) is 38.6 Å². The Labute approximate surface area is 255 Å². The number of nitriles is 1. The second kappa shape index (κ2) is 13.0. The number of para-hydroxylation sites is 2. The predicted molar refractivity (Wildman–Crippen MR) is 168 cm³/mol. The Hall–Kier alpha value is -5.20. The van der Waals surface area contributed by atoms with Gasteiger partial charge in [-0.1, -0.05) is 42.8 Å². The first kappa shape index (κ1) is 28.9. The lowest BCUT2D eigenvalue weighted by atomic mass is 9.96. The summed E-state index contributed by atoms with van der Waals surface area (Å²) in [6.07, 6.45) is 5.28. The molecule has 1 aromatic heterocycles. The lowest BCUT2D eigenvalue weighted by Gasteiger charge is -2.23. The highest BCUT2D eigenvalue weighted by atomic mass is 16.5. The summed E-state index contributed by atoms with van der Waals surface area (Å²) in [6.45, 7) is 1.48. The molecule has 222 valence electrons. The molecule has 1 aliphatic carbocycles. The molecule has 0 radical (unpaired) electrons. The van der Waals surface area contributed by atoms with Crippen LogP contribution in [0.5, 0.6) is 11.5 Å². The van der Waals surface area contributed by atoms with Crippen LogP contribution >= 0.6 is 0 Å². The van der Waals surface area contributed by atoms with Gasteiger partial charge in [-0.05, 0) is 80.3 Å². The zero-order valence-electron chi connectivity index (χ0n) is 24.2. The topological polar surface area (TPSA) is 136 Å². The van der Waals surface area contributed by atoms with E-state index in [-0.39, 0.29) is 35.2 Å². The first-order valence-corrected chi connectivity index (χ1v) is 14.9. The second-order valence-corrected chi connectivity index (χ2v) is 11.1. The van der Waals surface area contributed by atoms with Crippen LogP contribution in [0.3, 0.4) is 0 Å². The van der Waals surface area contributed by atoms with Gasteiger partial charge in [0.05, 0.1) is 17.4 Å². The molecule has 9 heteroatoms. The molecule has 0 bridgehead atoms. The van der Waals surface area contributed by atoms with Crippen molar-refractivity contribution in [1.29, 1.82) is 5.26 Å². The molecule has 2 heterocycles. The summed E-state index contributed by atoms with van der Waals surface area (Å²) in [5.74, 6) is -0.193. The SMILES string of the molecule is N#Cc1c(-c2cccc(C(=O)NCC3CCCCN3)c2)cc(-c2ccccc2O)nc1NC(=O)c1ccccc1OC1CC1. The third-order valence-electron chi connectivity index (χ3n) is 7.85. The molecule has 9 nitrogen and oxygen atoms in total. The Morgan fingerprint density at radius 3 is 2.55 bits per heavy atom. The summed E-state index contributed by atoms with van der Waals surface area (Å²) in [5, 5.41) is 30.3. The first-order valence-electron chi connectivity index (χ1n) is 14.9. The fourth-order valence-electron chi connectivity index (χ4n) is 5.35. The van der Waals surface area contributed by atoms with Gasteiger partial charge in [0.2, 0.25) is 0 Å². The fraction of sp³-hybridized carbons (Fsp3) is 0.257. The molecule has 0 spiro atoms. The number of amides is 2. The number of carbonyl (C=O) groups is 2. The number of hydrogen-bond donors (Lipinski definition) is 4. The molecule has 2 fully saturated rings. The molecule has 4 aromatic rings. The molecule has 1 unspecified atom stereocenters. The van der Waals surface area contributed by atoms with Crippen LogP contribution in [-0.2, 0) is 0 Å². The van der Waals surface area contributed by atoms with E-state index in [1.807, 2.05) is 0 Å². The lowest BCUT2D eigenvalue weighted by molar-refractivity contribution is 0.0947. The number of phenols is 1. The zero-order chi connectivity index (χ0) is 30.5. The smallest absolute Gasteiger partial charge is 0.260 e. The minimum Gasteiger partial charge on any atom is -0.507 e. The maximum atomic E-state index is 13.6. The van der Waals surface area contributed by atoms with Crippen LogP contribution in [0.4, 0.5) is 5.82 Å². The van der Waals surface area contributed by atoms with Crippen LogP contribution in [0.15, 0.2) is 78.9 Å². The summed E-state index contributed by atoms with van der Waals surface area (Å²) >= 11 is 0. The Bertz CT molecular complexity index is 1740. The van der Waals surface area contributed by atoms with Gasteiger partial charge in [-0.25, -0.2) is 4.98 Å². The highest BCUT2D eigenvalue weighted by Gasteiger charge is 2.26. The molecule has 4 N–H and O–H groups in total. The number of phenolic OH excluding ortho intramolecular Hbond substituents is 1. The Kier molecular flexibility index (Phi) is 8.52. The van der Waals surface area contributed by atoms with Gasteiger partial charge in [-0.2, -0.15) is 5.26 Å². The van der Waals surface area contributed by atoms with Gasteiger partial charge >= 0.3 is 0 Å². The number of carbonyl (C=O) groups excluding carboxylic acids is 2. The average Bonchev–Trinajstić information content (AvgIpc) is 3.88. The third-order valence-corrected chi connectivity index (χ3v) is 7.85. The van der Waals surface area contributed by atoms with Gasteiger partial charge < -0.3 is 25.8 Å². The summed E-state index contributed by atoms with van der Waals surface area (Å²) in [4.78, 5) is 31.3. The van der Waals surface area contributed by atoms with Crippen LogP contribution in [0, 0.1) is 11.3 Å². The van der Waals surface area contributed by atoms with Crippen molar-refractivity contribution in [3.63, 3.8) is 0 Å². The van der Waals surface area contributed by atoms with Gasteiger partial charge in [0, 0.05) is 29.3 Å². The Morgan fingerprint density at radius 1 is 0.955 bits per heavy atom. The summed E-state index contributed by atoms with van der Waals surface area (Å²) in [5.41, 5.74) is 2.74. The van der Waals surface area contributed by atoms with Gasteiger partial charge in [0.25, 0.3) is 11.8 Å². The van der Waals surface area contributed by atoms with E-state index in [4.69, 9.17) is 4.74 Å². The average molecular weight is 588 g/mol. The van der Waals surface area contributed by atoms with Crippen molar-refractivity contribution in [2.75, 3.05) is 18.4 Å². The minimum absolute atomic E-state index is 0.000522. The summed E-state index contributed by atoms with van der Waals surface area (Å²) in [6, 6.07) is 24.8. The molecule has 6 rings (SSSR count). The first-order chi connectivity index (χ1) is 21.5. The molecular weight excluding hydrogens is 554 g/mol. The van der Waals surface area contributed by atoms with E-state index in [1.165, 1.54) is 0 Å². The van der Waals surface area contributed by atoms with Crippen LogP contribution < -0.4 is 20.7 Å². The van der Waals surface area contributed by atoms with E-state index in [1.54, 1.807) is 78.9 Å². The monoisotopic (exact) mass is 587 g/mol. The van der Waals surface area contributed by atoms with Crippen molar-refractivity contribution in [1.82, 2.24) is 15.6 Å². The van der Waals surface area contributed by atoms with Crippen molar-refractivity contribution >= 4 is 17.6 Å². The predicted octanol–water partition coefficient (Wildman–Crippen LogP) is 5.66. The van der Waals surface area contributed by atoms with Crippen LogP contribution in [0.25, 0.3) is 22.4 Å². The number of nitrogens with one attached hydrogen (secondary N) is 3. The minimum atomic E-state index is -0.477. The molecule has 1 aliphatic heterocycles. The molecular formula is C35H33N5O4. The number of nitrogens with zero attached hydrogens (tertiary/aromatic N) is 2. The number of piperidine rings is 1. The zero-order valence-corrected chi connectivity index (χ0v) is 24.2. The normalized spacial score (nSPS) is 16.0. The van der Waals surface area contributed by atoms with Crippen LogP contribution in [0.1, 0.15) is 58.4 Å². The number of anilines is 1. The van der Waals surface area contributed by atoms with E-state index in [9.17, 15) is 20.0 Å². The quantitative estimate of drug-likeness (QED) is 0.198. The number of hydrogen-bond acceptors (Lipinski definition) is 7. The summed E-state index contributed by atoms with van der Waals surface area (Å²) in [7, 11) is 0. The molecule has 1 saturated heterocycles. The highest BCUT2D eigenvalue weighted by Crippen LogP contribution is 2.36. The van der Waals surface area contributed by atoms with Gasteiger partial charge in [-0.3, -0.25) is 9.59 Å². The van der Waals surface area contributed by atoms with Crippen molar-refractivity contribution in [2.45, 2.75) is 44.2 Å². The Morgan fingerprint density at radius 2 is 1.77 bits per heavy atom. The number of ether oxygens (including phenoxy) is 1. The molecule has 44 heavy (non-hydrogen) atoms. The van der Waals surface area contributed by atoms with E-state index >= 15 is 0 Å². The third kappa shape index (κ3) is 6.56. The van der Waals surface area contributed by atoms with Crippen molar-refractivity contribution in [3.05, 3.63) is 95.6 Å². The van der Waals surface area contributed by atoms with Crippen molar-refractivity contribution in [2.24, 2.45) is 0 Å². The second-order valence-electron chi connectivity index (χ2n) is 11.1. The van der Waals surface area contributed by atoms with Crippen molar-refractivity contribution in [3.8, 4) is 40.0 Å². The number of benzene rings is 3. The number of pyridine rings is 1. The maximum Gasteiger partial charge on any atom is 0.260 e. The maximum absolute atomic E-state index is 13.6. The standard InChI is InChI=1S/C35H33N5O4/c36-20-29-28(22-8-7-9-23(18-22)34(42)38-21-24-10-5-6-17-37-24)19-30(26-11-1-3-13-31(26)41)39-33(29)40-35(43)27-12-2-4-14-32(27)44-25-15-16-25/h1-4,7-9,11-14,18-19,24-25,37,41H,5-6,10,15-17,21H2,(H,38,42)(H,39,40,43). The molecule has 1 saturated carbocycles. The van der Waals surface area contributed by atoms with Gasteiger partial charge in [0.1, 0.15) is 23.1 Å². The molecule has 1 atom stereocenters. The number of aromatic nitrogens is 1. The summed E-state index contributed by atoms with van der Waals surface area (Å²) < 4.78 is 5.95. The van der Waals surface area contributed by atoms with Gasteiger partial charge in [0.15, 0.2) is 5.82 Å². The van der Waals surface area contributed by atoms with E-state index < -0.39 is 5.91 Å². The number of rotatable bonds is 9.